The first-order chi connectivity index (χ1) is 14.7. The molecule has 0 aliphatic carbocycles. The van der Waals surface area contributed by atoms with Crippen molar-refractivity contribution in [3.05, 3.63) is 54.6 Å². The van der Waals surface area contributed by atoms with Gasteiger partial charge in [-0.15, -0.1) is 0 Å². The predicted octanol–water partition coefficient (Wildman–Crippen LogP) is 1.50. The first kappa shape index (κ1) is 21.5. The van der Waals surface area contributed by atoms with E-state index in [0.717, 1.165) is 16.6 Å². The van der Waals surface area contributed by atoms with Gasteiger partial charge in [-0.25, -0.2) is 4.79 Å². The van der Waals surface area contributed by atoms with Crippen LogP contribution < -0.4 is 21.5 Å². The molecule has 1 aromatic carbocycles. The van der Waals surface area contributed by atoms with Gasteiger partial charge in [0.2, 0.25) is 11.9 Å². The van der Waals surface area contributed by atoms with Crippen molar-refractivity contribution in [2.24, 2.45) is 14.1 Å². The van der Waals surface area contributed by atoms with E-state index in [0.29, 0.717) is 46.8 Å². The van der Waals surface area contributed by atoms with E-state index in [2.05, 4.69) is 10.3 Å². The molecule has 31 heavy (non-hydrogen) atoms. The molecule has 3 heterocycles. The summed E-state index contributed by atoms with van der Waals surface area (Å²) in [7, 11) is 3.04. The number of rotatable bonds is 4. The molecular formula is C20H22Cl2N6O3. The molecule has 4 rings (SSSR count). The molecule has 3 aromatic rings. The number of anilines is 1. The summed E-state index contributed by atoms with van der Waals surface area (Å²) in [5.41, 5.74) is 0.610. The number of imidazole rings is 1. The van der Waals surface area contributed by atoms with E-state index in [1.807, 2.05) is 11.0 Å². The molecule has 0 saturated carbocycles. The molecule has 9 nitrogen and oxygen atoms in total. The number of fused-ring (bicyclic) bond motifs is 1. The lowest BCUT2D eigenvalue weighted by atomic mass is 10.2. The van der Waals surface area contributed by atoms with E-state index in [1.54, 1.807) is 23.7 Å². The molecular weight excluding hydrogens is 443 g/mol. The first-order valence-electron chi connectivity index (χ1n) is 9.79. The summed E-state index contributed by atoms with van der Waals surface area (Å²) in [5.74, 6) is 0.472. The molecule has 1 unspecified atom stereocenters. The summed E-state index contributed by atoms with van der Waals surface area (Å²) in [6.07, 6.45) is 0.756. The summed E-state index contributed by atoms with van der Waals surface area (Å²) in [5, 5.41) is 3.78. The zero-order valence-corrected chi connectivity index (χ0v) is 18.9. The van der Waals surface area contributed by atoms with Crippen molar-refractivity contribution < 1.29 is 4.79 Å². The smallest absolute Gasteiger partial charge is 0.332 e. The molecule has 1 amide bonds. The Bertz CT molecular complexity index is 1310. The molecule has 1 saturated heterocycles. The number of nitrogens with one attached hydrogen (secondary N) is 1. The molecule has 0 radical (unpaired) electrons. The normalized spacial score (nSPS) is 16.3. The van der Waals surface area contributed by atoms with E-state index in [9.17, 15) is 14.4 Å². The van der Waals surface area contributed by atoms with E-state index < -0.39 is 11.2 Å². The van der Waals surface area contributed by atoms with Crippen molar-refractivity contribution in [1.29, 1.82) is 0 Å². The van der Waals surface area contributed by atoms with Crippen molar-refractivity contribution in [2.45, 2.75) is 25.9 Å². The van der Waals surface area contributed by atoms with Crippen LogP contribution in [-0.4, -0.2) is 43.7 Å². The minimum Gasteiger partial charge on any atom is -0.352 e. The number of carbonyl (C=O) groups is 1. The molecule has 2 aromatic heterocycles. The van der Waals surface area contributed by atoms with Crippen LogP contribution in [0.5, 0.6) is 0 Å². The van der Waals surface area contributed by atoms with Crippen molar-refractivity contribution in [3.63, 3.8) is 0 Å². The van der Waals surface area contributed by atoms with E-state index >= 15 is 0 Å². The molecule has 11 heteroatoms. The highest BCUT2D eigenvalue weighted by molar-refractivity contribution is 6.42. The lowest BCUT2D eigenvalue weighted by molar-refractivity contribution is -0.119. The summed E-state index contributed by atoms with van der Waals surface area (Å²) in [6, 6.07) is 5.27. The van der Waals surface area contributed by atoms with Crippen molar-refractivity contribution in [1.82, 2.24) is 24.0 Å². The molecule has 1 fully saturated rings. The van der Waals surface area contributed by atoms with Crippen LogP contribution in [0.15, 0.2) is 27.8 Å². The maximum Gasteiger partial charge on any atom is 0.332 e. The van der Waals surface area contributed by atoms with Gasteiger partial charge in [0.15, 0.2) is 11.2 Å². The zero-order chi connectivity index (χ0) is 22.4. The standard InChI is InChI=1S/C20H22Cl2N6O3/c1-11(29)23-13-6-7-27(10-13)19-24-17-16(18(30)26(3)20(31)25(17)2)28(19)9-12-4-5-14(21)15(22)8-12/h4-5,8,13H,6-7,9-10H2,1-3H3,(H,23,29). The number of benzene rings is 1. The van der Waals surface area contributed by atoms with Crippen LogP contribution >= 0.6 is 23.2 Å². The van der Waals surface area contributed by atoms with E-state index in [-0.39, 0.29) is 11.9 Å². The molecule has 1 aliphatic rings. The van der Waals surface area contributed by atoms with Gasteiger partial charge in [-0.1, -0.05) is 29.3 Å². The predicted molar refractivity (Wildman–Crippen MR) is 120 cm³/mol. The van der Waals surface area contributed by atoms with Crippen molar-refractivity contribution >= 4 is 46.2 Å². The van der Waals surface area contributed by atoms with Crippen LogP contribution in [-0.2, 0) is 25.4 Å². The van der Waals surface area contributed by atoms with Gasteiger partial charge in [-0.2, -0.15) is 4.98 Å². The van der Waals surface area contributed by atoms with Crippen LogP contribution in [0.25, 0.3) is 11.2 Å². The van der Waals surface area contributed by atoms with Crippen LogP contribution in [0, 0.1) is 0 Å². The summed E-state index contributed by atoms with van der Waals surface area (Å²) < 4.78 is 4.24. The average molecular weight is 465 g/mol. The maximum absolute atomic E-state index is 13.0. The molecule has 1 atom stereocenters. The Morgan fingerprint density at radius 2 is 1.94 bits per heavy atom. The van der Waals surface area contributed by atoms with Crippen molar-refractivity contribution in [3.8, 4) is 0 Å². The third-order valence-electron chi connectivity index (χ3n) is 5.53. The van der Waals surface area contributed by atoms with Gasteiger partial charge in [-0.05, 0) is 24.1 Å². The average Bonchev–Trinajstić information content (AvgIpc) is 3.32. The van der Waals surface area contributed by atoms with E-state index in [1.165, 1.54) is 18.5 Å². The maximum atomic E-state index is 13.0. The highest BCUT2D eigenvalue weighted by Gasteiger charge is 2.29. The number of halogens is 2. The Morgan fingerprint density at radius 3 is 2.61 bits per heavy atom. The zero-order valence-electron chi connectivity index (χ0n) is 17.4. The number of amides is 1. The third-order valence-corrected chi connectivity index (χ3v) is 6.27. The second kappa shape index (κ2) is 8.05. The van der Waals surface area contributed by atoms with Gasteiger partial charge in [0.1, 0.15) is 0 Å². The minimum absolute atomic E-state index is 0.0117. The second-order valence-electron chi connectivity index (χ2n) is 7.76. The Balaban J connectivity index is 1.87. The topological polar surface area (TPSA) is 94.2 Å². The van der Waals surface area contributed by atoms with Gasteiger partial charge in [-0.3, -0.25) is 23.3 Å². The van der Waals surface area contributed by atoms with Gasteiger partial charge in [0.05, 0.1) is 16.6 Å². The fourth-order valence-corrected chi connectivity index (χ4v) is 4.31. The number of hydrogen-bond donors (Lipinski definition) is 1. The largest absolute Gasteiger partial charge is 0.352 e. The van der Waals surface area contributed by atoms with E-state index in [4.69, 9.17) is 23.2 Å². The number of aromatic nitrogens is 4. The monoisotopic (exact) mass is 464 g/mol. The first-order valence-corrected chi connectivity index (χ1v) is 10.5. The minimum atomic E-state index is -0.444. The number of aryl methyl sites for hydroxylation is 1. The van der Waals surface area contributed by atoms with Gasteiger partial charge < -0.3 is 10.2 Å². The fourth-order valence-electron chi connectivity index (χ4n) is 3.99. The third kappa shape index (κ3) is 3.83. The Kier molecular flexibility index (Phi) is 5.57. The molecule has 1 N–H and O–H groups in total. The van der Waals surface area contributed by atoms with Gasteiger partial charge >= 0.3 is 5.69 Å². The number of carbonyl (C=O) groups excluding carboxylic acids is 1. The van der Waals surface area contributed by atoms with Crippen molar-refractivity contribution in [2.75, 3.05) is 18.0 Å². The second-order valence-corrected chi connectivity index (χ2v) is 8.57. The molecule has 0 bridgehead atoms. The highest BCUT2D eigenvalue weighted by Crippen LogP contribution is 2.27. The lowest BCUT2D eigenvalue weighted by Crippen LogP contribution is -2.37. The van der Waals surface area contributed by atoms with Gasteiger partial charge in [0.25, 0.3) is 5.56 Å². The SMILES string of the molecule is CC(=O)NC1CCN(c2nc3c(c(=O)n(C)c(=O)n3C)n2Cc2ccc(Cl)c(Cl)c2)C1. The van der Waals surface area contributed by atoms with Crippen LogP contribution in [0.2, 0.25) is 10.0 Å². The lowest BCUT2D eigenvalue weighted by Gasteiger charge is -2.19. The molecule has 164 valence electrons. The van der Waals surface area contributed by atoms with Crippen LogP contribution in [0.3, 0.4) is 0 Å². The quantitative estimate of drug-likeness (QED) is 0.631. The highest BCUT2D eigenvalue weighted by atomic mass is 35.5. The number of nitrogens with zero attached hydrogens (tertiary/aromatic N) is 5. The summed E-state index contributed by atoms with van der Waals surface area (Å²) in [6.45, 7) is 3.02. The Hall–Kier alpha value is -2.78. The number of hydrogen-bond acceptors (Lipinski definition) is 5. The molecule has 0 spiro atoms. The Labute approximate surface area is 187 Å². The fraction of sp³-hybridized carbons (Fsp3) is 0.400. The molecule has 1 aliphatic heterocycles. The summed E-state index contributed by atoms with van der Waals surface area (Å²) in [4.78, 5) is 43.6. The van der Waals surface area contributed by atoms with Gasteiger partial charge in [0, 0.05) is 40.2 Å². The summed E-state index contributed by atoms with van der Waals surface area (Å²) >= 11 is 12.2. The van der Waals surface area contributed by atoms with Crippen LogP contribution in [0.4, 0.5) is 5.95 Å². The Morgan fingerprint density at radius 1 is 1.19 bits per heavy atom. The van der Waals surface area contributed by atoms with Crippen LogP contribution in [0.1, 0.15) is 18.9 Å².